The number of carbonyl (C=O) groups excluding carboxylic acids is 3. The van der Waals surface area contributed by atoms with Gasteiger partial charge in [-0.1, -0.05) is 60.7 Å². The number of ether oxygens (including phenoxy) is 2. The van der Waals surface area contributed by atoms with Gasteiger partial charge in [-0.25, -0.2) is 17.9 Å². The van der Waals surface area contributed by atoms with Crippen molar-refractivity contribution in [2.75, 3.05) is 18.9 Å². The van der Waals surface area contributed by atoms with E-state index in [4.69, 9.17) is 9.47 Å². The fourth-order valence-electron chi connectivity index (χ4n) is 3.65. The maximum absolute atomic E-state index is 12.9. The van der Waals surface area contributed by atoms with Crippen LogP contribution < -0.4 is 15.4 Å². The maximum atomic E-state index is 12.9. The lowest BCUT2D eigenvalue weighted by Crippen LogP contribution is -2.49. The first kappa shape index (κ1) is 31.8. The number of esters is 1. The van der Waals surface area contributed by atoms with E-state index in [0.29, 0.717) is 0 Å². The van der Waals surface area contributed by atoms with E-state index in [1.807, 2.05) is 36.4 Å². The predicted molar refractivity (Wildman–Crippen MR) is 148 cm³/mol. The molecule has 0 spiro atoms. The topological polar surface area (TPSA) is 140 Å². The number of alkyl carbamates (subject to hydrolysis) is 1. The molecule has 2 rings (SSSR count). The zero-order valence-electron chi connectivity index (χ0n) is 22.9. The quantitative estimate of drug-likeness (QED) is 0.238. The van der Waals surface area contributed by atoms with Crippen molar-refractivity contribution in [3.05, 3.63) is 71.8 Å². The highest BCUT2D eigenvalue weighted by atomic mass is 32.2. The zero-order chi connectivity index (χ0) is 28.9. The highest BCUT2D eigenvalue weighted by Gasteiger charge is 2.27. The molecule has 10 nitrogen and oxygen atoms in total. The molecule has 0 aromatic heterocycles. The van der Waals surface area contributed by atoms with Crippen molar-refractivity contribution in [1.82, 2.24) is 15.4 Å². The minimum Gasteiger partial charge on any atom is -0.465 e. The molecule has 0 aliphatic heterocycles. The molecule has 0 saturated heterocycles. The first-order valence-corrected chi connectivity index (χ1v) is 14.6. The third kappa shape index (κ3) is 12.8. The molecule has 0 unspecified atom stereocenters. The summed E-state index contributed by atoms with van der Waals surface area (Å²) in [6.07, 6.45) is -0.264. The summed E-state index contributed by atoms with van der Waals surface area (Å²) in [4.78, 5) is 37.6. The lowest BCUT2D eigenvalue weighted by atomic mass is 10.1. The summed E-state index contributed by atoms with van der Waals surface area (Å²) in [5.74, 6) is -1.44. The van der Waals surface area contributed by atoms with Gasteiger partial charge in [0.05, 0.1) is 12.4 Å². The van der Waals surface area contributed by atoms with Crippen LogP contribution in [0.3, 0.4) is 0 Å². The van der Waals surface area contributed by atoms with E-state index < -0.39 is 45.7 Å². The van der Waals surface area contributed by atoms with Crippen LogP contribution in [0, 0.1) is 0 Å². The first-order chi connectivity index (χ1) is 18.4. The minimum absolute atomic E-state index is 0.0454. The number of hydrogen-bond donors (Lipinski definition) is 3. The van der Waals surface area contributed by atoms with E-state index in [1.54, 1.807) is 52.0 Å². The number of rotatable bonds is 14. The molecule has 0 fully saturated rings. The third-order valence-electron chi connectivity index (χ3n) is 5.35. The Kier molecular flexibility index (Phi) is 12.4. The fourth-order valence-corrected chi connectivity index (χ4v) is 4.90. The molecule has 0 saturated carbocycles. The smallest absolute Gasteiger partial charge is 0.408 e. The highest BCUT2D eigenvalue weighted by molar-refractivity contribution is 7.89. The van der Waals surface area contributed by atoms with Gasteiger partial charge < -0.3 is 20.1 Å². The molecule has 39 heavy (non-hydrogen) atoms. The normalized spacial score (nSPS) is 13.1. The van der Waals surface area contributed by atoms with Gasteiger partial charge in [-0.15, -0.1) is 0 Å². The number of nitrogens with one attached hydrogen (secondary N) is 3. The molecule has 3 N–H and O–H groups in total. The van der Waals surface area contributed by atoms with Crippen LogP contribution >= 0.6 is 0 Å². The van der Waals surface area contributed by atoms with Crippen molar-refractivity contribution in [2.24, 2.45) is 0 Å². The van der Waals surface area contributed by atoms with Gasteiger partial charge in [-0.3, -0.25) is 9.59 Å². The Hall–Kier alpha value is -3.44. The maximum Gasteiger partial charge on any atom is 0.408 e. The molecule has 0 heterocycles. The van der Waals surface area contributed by atoms with Gasteiger partial charge in [-0.2, -0.15) is 0 Å². The SMILES string of the molecule is CCOC(=O)[C@H](Cc1ccccc1)NS(=O)(=O)CCCNC(=O)[C@H](Cc1ccccc1)NC(=O)OC(C)(C)C. The second kappa shape index (κ2) is 15.2. The summed E-state index contributed by atoms with van der Waals surface area (Å²) in [6.45, 7) is 6.99. The Morgan fingerprint density at radius 1 is 0.872 bits per heavy atom. The molecular formula is C28H39N3O7S. The number of amides is 2. The molecule has 0 bridgehead atoms. The lowest BCUT2D eigenvalue weighted by molar-refractivity contribution is -0.145. The lowest BCUT2D eigenvalue weighted by Gasteiger charge is -2.23. The molecule has 0 aliphatic carbocycles. The van der Waals surface area contributed by atoms with Crippen molar-refractivity contribution < 1.29 is 32.3 Å². The standard InChI is InChI=1S/C28H39N3O7S/c1-5-37-26(33)24(20-22-15-10-7-11-16-22)31-39(35,36)18-12-17-29-25(32)23(19-21-13-8-6-9-14-21)30-27(34)38-28(2,3)4/h6-11,13-16,23-24,31H,5,12,17-20H2,1-4H3,(H,29,32)(H,30,34)/t23-,24-/m0/s1. The van der Waals surface area contributed by atoms with Crippen LogP contribution in [0.25, 0.3) is 0 Å². The molecular weight excluding hydrogens is 522 g/mol. The monoisotopic (exact) mass is 561 g/mol. The second-order valence-electron chi connectivity index (χ2n) is 9.96. The molecule has 214 valence electrons. The van der Waals surface area contributed by atoms with E-state index in [0.717, 1.165) is 11.1 Å². The van der Waals surface area contributed by atoms with Crippen LogP contribution in [-0.2, 0) is 41.9 Å². The van der Waals surface area contributed by atoms with Crippen molar-refractivity contribution in [3.63, 3.8) is 0 Å². The van der Waals surface area contributed by atoms with Gasteiger partial charge in [0.1, 0.15) is 17.7 Å². The summed E-state index contributed by atoms with van der Waals surface area (Å²) in [5.41, 5.74) is 0.887. The van der Waals surface area contributed by atoms with Crippen LogP contribution in [0.1, 0.15) is 45.2 Å². The molecule has 2 aromatic carbocycles. The summed E-state index contributed by atoms with van der Waals surface area (Å²) in [7, 11) is -3.86. The van der Waals surface area contributed by atoms with Crippen LogP contribution in [0.15, 0.2) is 60.7 Å². The van der Waals surface area contributed by atoms with E-state index in [-0.39, 0.29) is 38.2 Å². The molecule has 0 radical (unpaired) electrons. The first-order valence-electron chi connectivity index (χ1n) is 12.9. The number of benzene rings is 2. The van der Waals surface area contributed by atoms with Crippen LogP contribution in [-0.4, -0.2) is 63.0 Å². The predicted octanol–water partition coefficient (Wildman–Crippen LogP) is 2.72. The van der Waals surface area contributed by atoms with Gasteiger partial charge >= 0.3 is 12.1 Å². The van der Waals surface area contributed by atoms with E-state index in [9.17, 15) is 22.8 Å². The zero-order valence-corrected chi connectivity index (χ0v) is 23.8. The molecule has 2 atom stereocenters. The fraction of sp³-hybridized carbons (Fsp3) is 0.464. The van der Waals surface area contributed by atoms with Crippen LogP contribution in [0.5, 0.6) is 0 Å². The Morgan fingerprint density at radius 3 is 1.92 bits per heavy atom. The summed E-state index contributed by atoms with van der Waals surface area (Å²) < 4.78 is 38.2. The van der Waals surface area contributed by atoms with Crippen molar-refractivity contribution in [1.29, 1.82) is 0 Å². The number of carbonyl (C=O) groups is 3. The highest BCUT2D eigenvalue weighted by Crippen LogP contribution is 2.09. The second-order valence-corrected chi connectivity index (χ2v) is 11.8. The molecule has 2 amide bonds. The number of hydrogen-bond acceptors (Lipinski definition) is 7. The van der Waals surface area contributed by atoms with Crippen LogP contribution in [0.2, 0.25) is 0 Å². The Morgan fingerprint density at radius 2 is 1.41 bits per heavy atom. The van der Waals surface area contributed by atoms with Gasteiger partial charge in [0.15, 0.2) is 0 Å². The van der Waals surface area contributed by atoms with Gasteiger partial charge in [0.2, 0.25) is 15.9 Å². The third-order valence-corrected chi connectivity index (χ3v) is 6.82. The van der Waals surface area contributed by atoms with Crippen molar-refractivity contribution >= 4 is 28.0 Å². The van der Waals surface area contributed by atoms with Gasteiger partial charge in [0.25, 0.3) is 0 Å². The number of sulfonamides is 1. The largest absolute Gasteiger partial charge is 0.465 e. The summed E-state index contributed by atoms with van der Waals surface area (Å²) >= 11 is 0. The Balaban J connectivity index is 1.95. The van der Waals surface area contributed by atoms with Gasteiger partial charge in [-0.05, 0) is 51.7 Å². The van der Waals surface area contributed by atoms with Crippen LogP contribution in [0.4, 0.5) is 4.79 Å². The van der Waals surface area contributed by atoms with Gasteiger partial charge in [0, 0.05) is 13.0 Å². The van der Waals surface area contributed by atoms with Crippen molar-refractivity contribution in [2.45, 2.75) is 64.6 Å². The molecule has 0 aliphatic rings. The average molecular weight is 562 g/mol. The average Bonchev–Trinajstić information content (AvgIpc) is 2.86. The Bertz CT molecular complexity index is 1170. The Labute approximate surface area is 230 Å². The molecule has 11 heteroatoms. The van der Waals surface area contributed by atoms with E-state index >= 15 is 0 Å². The van der Waals surface area contributed by atoms with E-state index in [1.165, 1.54) is 0 Å². The summed E-state index contributed by atoms with van der Waals surface area (Å²) in [6, 6.07) is 16.2. The molecule has 2 aromatic rings. The van der Waals surface area contributed by atoms with E-state index in [2.05, 4.69) is 15.4 Å². The summed E-state index contributed by atoms with van der Waals surface area (Å²) in [5, 5.41) is 5.28. The minimum atomic E-state index is -3.86. The van der Waals surface area contributed by atoms with Crippen molar-refractivity contribution in [3.8, 4) is 0 Å².